The number of hydrogen-bond acceptors (Lipinski definition) is 5. The van der Waals surface area contributed by atoms with Gasteiger partial charge >= 0.3 is 5.97 Å². The van der Waals surface area contributed by atoms with Crippen LogP contribution in [0.3, 0.4) is 0 Å². The van der Waals surface area contributed by atoms with Crippen LogP contribution in [0.4, 0.5) is 5.00 Å². The van der Waals surface area contributed by atoms with E-state index in [1.54, 1.807) is 13.0 Å². The average Bonchev–Trinajstić information content (AvgIpc) is 3.04. The molecule has 0 saturated heterocycles. The number of thiocarbonyl (C=S) groups is 1. The molecule has 0 aliphatic heterocycles. The van der Waals surface area contributed by atoms with Gasteiger partial charge in [0, 0.05) is 17.5 Å². The van der Waals surface area contributed by atoms with Crippen molar-refractivity contribution >= 4 is 39.6 Å². The monoisotopic (exact) mass is 390 g/mol. The maximum atomic E-state index is 12.5. The number of benzene rings is 1. The Balaban J connectivity index is 2.34. The highest BCUT2D eigenvalue weighted by Crippen LogP contribution is 2.36. The number of hydrogen-bond donors (Lipinski definition) is 2. The summed E-state index contributed by atoms with van der Waals surface area (Å²) >= 11 is 6.66. The van der Waals surface area contributed by atoms with Gasteiger partial charge in [-0.25, -0.2) is 4.79 Å². The highest BCUT2D eigenvalue weighted by atomic mass is 32.1. The Kier molecular flexibility index (Phi) is 7.62. The largest absolute Gasteiger partial charge is 0.494 e. The molecule has 1 aromatic heterocycles. The normalized spacial score (nSPS) is 10.1. The summed E-state index contributed by atoms with van der Waals surface area (Å²) in [4.78, 5) is 12.5. The fourth-order valence-corrected chi connectivity index (χ4v) is 3.49. The number of anilines is 1. The minimum atomic E-state index is -0.383. The number of nitrogens with one attached hydrogen (secondary N) is 2. The first-order chi connectivity index (χ1) is 12.6. The molecule has 138 valence electrons. The lowest BCUT2D eigenvalue weighted by molar-refractivity contribution is 0.0529. The van der Waals surface area contributed by atoms with Crippen LogP contribution in [0, 0.1) is 0 Å². The Morgan fingerprint density at radius 2 is 2.00 bits per heavy atom. The van der Waals surface area contributed by atoms with Gasteiger partial charge in [-0.2, -0.15) is 0 Å². The van der Waals surface area contributed by atoms with Crippen molar-refractivity contribution in [2.24, 2.45) is 0 Å². The molecule has 0 aliphatic carbocycles. The summed E-state index contributed by atoms with van der Waals surface area (Å²) in [6.07, 6.45) is 1.71. The van der Waals surface area contributed by atoms with Gasteiger partial charge in [0.15, 0.2) is 5.11 Å². The summed E-state index contributed by atoms with van der Waals surface area (Å²) < 4.78 is 10.7. The third-order valence-electron chi connectivity index (χ3n) is 3.38. The zero-order chi connectivity index (χ0) is 18.9. The Bertz CT molecular complexity index is 770. The smallest absolute Gasteiger partial charge is 0.341 e. The molecule has 26 heavy (non-hydrogen) atoms. The van der Waals surface area contributed by atoms with Gasteiger partial charge in [0.25, 0.3) is 0 Å². The third-order valence-corrected chi connectivity index (χ3v) is 4.52. The molecule has 2 N–H and O–H groups in total. The number of carbonyl (C=O) groups excluding carboxylic acids is 1. The predicted molar refractivity (Wildman–Crippen MR) is 111 cm³/mol. The van der Waals surface area contributed by atoms with E-state index in [0.29, 0.717) is 35.4 Å². The first kappa shape index (κ1) is 19.9. The van der Waals surface area contributed by atoms with E-state index in [9.17, 15) is 4.79 Å². The molecule has 1 heterocycles. The topological polar surface area (TPSA) is 59.6 Å². The number of carbonyl (C=O) groups is 1. The summed E-state index contributed by atoms with van der Waals surface area (Å²) in [5.41, 5.74) is 2.18. The van der Waals surface area contributed by atoms with E-state index >= 15 is 0 Å². The summed E-state index contributed by atoms with van der Waals surface area (Å²) in [6.45, 7) is 8.81. The second-order valence-corrected chi connectivity index (χ2v) is 6.44. The molecule has 0 spiro atoms. The van der Waals surface area contributed by atoms with Gasteiger partial charge in [0.1, 0.15) is 16.3 Å². The summed E-state index contributed by atoms with van der Waals surface area (Å²) in [5.74, 6) is 0.406. The Labute approximate surface area is 163 Å². The van der Waals surface area contributed by atoms with Crippen LogP contribution in [0.1, 0.15) is 24.2 Å². The molecule has 1 aromatic carbocycles. The maximum absolute atomic E-state index is 12.5. The number of rotatable bonds is 8. The third kappa shape index (κ3) is 5.06. The molecule has 2 aromatic rings. The van der Waals surface area contributed by atoms with E-state index in [1.165, 1.54) is 11.3 Å². The molecule has 0 saturated carbocycles. The minimum absolute atomic E-state index is 0.302. The van der Waals surface area contributed by atoms with Gasteiger partial charge in [-0.15, -0.1) is 17.9 Å². The van der Waals surface area contributed by atoms with Crippen molar-refractivity contribution in [2.45, 2.75) is 13.8 Å². The standard InChI is InChI=1S/C19H22N2O3S2/c1-4-11-20-19(25)21-17-16(18(22)24-6-3)15(12-26-17)13-7-9-14(10-8-13)23-5-2/h4,7-10,12H,1,5-6,11H2,2-3H3,(H2,20,21,25). The van der Waals surface area contributed by atoms with Crippen LogP contribution in [0.5, 0.6) is 5.75 Å². The van der Waals surface area contributed by atoms with Gasteiger partial charge in [-0.1, -0.05) is 18.2 Å². The van der Waals surface area contributed by atoms with Gasteiger partial charge in [-0.05, 0) is 43.8 Å². The SMILES string of the molecule is C=CCNC(=S)Nc1scc(-c2ccc(OCC)cc2)c1C(=O)OCC. The summed E-state index contributed by atoms with van der Waals surface area (Å²) in [7, 11) is 0. The first-order valence-corrected chi connectivity index (χ1v) is 9.57. The van der Waals surface area contributed by atoms with Crippen LogP contribution in [0.2, 0.25) is 0 Å². The quantitative estimate of drug-likeness (QED) is 0.394. The molecule has 0 amide bonds. The minimum Gasteiger partial charge on any atom is -0.494 e. The fourth-order valence-electron chi connectivity index (χ4n) is 2.28. The molecule has 0 fully saturated rings. The van der Waals surface area contributed by atoms with Crippen LogP contribution >= 0.6 is 23.6 Å². The van der Waals surface area contributed by atoms with Crippen molar-refractivity contribution in [2.75, 3.05) is 25.1 Å². The highest BCUT2D eigenvalue weighted by Gasteiger charge is 2.22. The second kappa shape index (κ2) is 9.94. The van der Waals surface area contributed by atoms with Gasteiger partial charge in [-0.3, -0.25) is 0 Å². The molecule has 2 rings (SSSR count). The number of thiophene rings is 1. The van der Waals surface area contributed by atoms with Crippen LogP contribution in [-0.4, -0.2) is 30.8 Å². The molecule has 0 atom stereocenters. The zero-order valence-corrected chi connectivity index (χ0v) is 16.5. The predicted octanol–water partition coefficient (Wildman–Crippen LogP) is 4.46. The summed E-state index contributed by atoms with van der Waals surface area (Å²) in [6, 6.07) is 7.62. The van der Waals surface area contributed by atoms with Gasteiger partial charge < -0.3 is 20.1 Å². The van der Waals surface area contributed by atoms with E-state index in [1.807, 2.05) is 36.6 Å². The Morgan fingerprint density at radius 1 is 1.27 bits per heavy atom. The molecule has 0 aliphatic rings. The van der Waals surface area contributed by atoms with Gasteiger partial charge in [0.05, 0.1) is 13.2 Å². The lowest BCUT2D eigenvalue weighted by Crippen LogP contribution is -2.28. The first-order valence-electron chi connectivity index (χ1n) is 8.28. The molecule has 7 heteroatoms. The fraction of sp³-hybridized carbons (Fsp3) is 0.263. The molecule has 0 bridgehead atoms. The van der Waals surface area contributed by atoms with E-state index in [-0.39, 0.29) is 5.97 Å². The number of esters is 1. The average molecular weight is 391 g/mol. The molecule has 0 unspecified atom stereocenters. The molecule has 0 radical (unpaired) electrons. The van der Waals surface area contributed by atoms with Gasteiger partial charge in [0.2, 0.25) is 0 Å². The van der Waals surface area contributed by atoms with Crippen LogP contribution < -0.4 is 15.4 Å². The van der Waals surface area contributed by atoms with E-state index < -0.39 is 0 Å². The van der Waals surface area contributed by atoms with E-state index in [4.69, 9.17) is 21.7 Å². The lowest BCUT2D eigenvalue weighted by atomic mass is 10.0. The summed E-state index contributed by atoms with van der Waals surface area (Å²) in [5, 5.41) is 9.05. The molecular weight excluding hydrogens is 368 g/mol. The number of ether oxygens (including phenoxy) is 2. The van der Waals surface area contributed by atoms with Crippen LogP contribution in [-0.2, 0) is 4.74 Å². The van der Waals surface area contributed by atoms with Crippen molar-refractivity contribution in [3.05, 3.63) is 47.9 Å². The van der Waals surface area contributed by atoms with Crippen LogP contribution in [0.15, 0.2) is 42.3 Å². The van der Waals surface area contributed by atoms with E-state index in [2.05, 4.69) is 17.2 Å². The zero-order valence-electron chi connectivity index (χ0n) is 14.8. The molecular formula is C19H22N2O3S2. The van der Waals surface area contributed by atoms with Crippen molar-refractivity contribution in [3.8, 4) is 16.9 Å². The van der Waals surface area contributed by atoms with E-state index in [0.717, 1.165) is 16.9 Å². The van der Waals surface area contributed by atoms with Crippen molar-refractivity contribution in [1.82, 2.24) is 5.32 Å². The Hall–Kier alpha value is -2.38. The lowest BCUT2D eigenvalue weighted by Gasteiger charge is -2.11. The van der Waals surface area contributed by atoms with Crippen molar-refractivity contribution in [1.29, 1.82) is 0 Å². The van der Waals surface area contributed by atoms with Crippen LogP contribution in [0.25, 0.3) is 11.1 Å². The molecule has 5 nitrogen and oxygen atoms in total. The second-order valence-electron chi connectivity index (χ2n) is 5.16. The van der Waals surface area contributed by atoms with Crippen molar-refractivity contribution in [3.63, 3.8) is 0 Å². The highest BCUT2D eigenvalue weighted by molar-refractivity contribution is 7.80. The van der Waals surface area contributed by atoms with Crippen molar-refractivity contribution < 1.29 is 14.3 Å². The Morgan fingerprint density at radius 3 is 2.62 bits per heavy atom. The maximum Gasteiger partial charge on any atom is 0.341 e.